The van der Waals surface area contributed by atoms with Crippen molar-refractivity contribution in [2.24, 2.45) is 5.41 Å². The van der Waals surface area contributed by atoms with E-state index in [1.54, 1.807) is 0 Å². The maximum Gasteiger partial charge on any atom is 0.303 e. The largest absolute Gasteiger partial charge is 0.481 e. The Morgan fingerprint density at radius 2 is 1.70 bits per heavy atom. The van der Waals surface area contributed by atoms with Gasteiger partial charge in [0.2, 0.25) is 0 Å². The lowest BCUT2D eigenvalue weighted by molar-refractivity contribution is -0.138. The molecule has 3 aliphatic rings. The first-order valence-corrected chi connectivity index (χ1v) is 8.35. The van der Waals surface area contributed by atoms with Crippen LogP contribution in [0.2, 0.25) is 0 Å². The van der Waals surface area contributed by atoms with Crippen molar-refractivity contribution in [3.8, 4) is 0 Å². The minimum Gasteiger partial charge on any atom is -0.481 e. The molecule has 0 bridgehead atoms. The van der Waals surface area contributed by atoms with Crippen LogP contribution in [0.1, 0.15) is 51.4 Å². The Labute approximate surface area is 122 Å². The number of carboxylic acid groups (broad SMARTS) is 1. The highest BCUT2D eigenvalue weighted by atomic mass is 16.4. The van der Waals surface area contributed by atoms with Crippen LogP contribution in [0.3, 0.4) is 0 Å². The molecule has 2 aliphatic heterocycles. The number of hydrogen-bond acceptors (Lipinski definition) is 3. The minimum absolute atomic E-state index is 0.129. The number of carbonyl (C=O) groups is 1. The molecule has 3 rings (SSSR count). The molecule has 0 aromatic rings. The second kappa shape index (κ2) is 6.02. The molecule has 0 aromatic carbocycles. The highest BCUT2D eigenvalue weighted by Crippen LogP contribution is 2.49. The summed E-state index contributed by atoms with van der Waals surface area (Å²) in [5, 5.41) is 9.01. The van der Waals surface area contributed by atoms with Gasteiger partial charge in [-0.1, -0.05) is 6.42 Å². The lowest BCUT2D eigenvalue weighted by Crippen LogP contribution is -2.47. The Hall–Kier alpha value is -0.610. The van der Waals surface area contributed by atoms with Crippen molar-refractivity contribution in [2.75, 3.05) is 32.7 Å². The van der Waals surface area contributed by atoms with Crippen LogP contribution in [-0.2, 0) is 4.79 Å². The highest BCUT2D eigenvalue weighted by molar-refractivity contribution is 5.68. The van der Waals surface area contributed by atoms with Crippen molar-refractivity contribution in [1.82, 2.24) is 9.80 Å². The normalized spacial score (nSPS) is 28.4. The molecule has 0 spiro atoms. The fraction of sp³-hybridized carbons (Fsp3) is 0.938. The maximum absolute atomic E-state index is 10.9. The van der Waals surface area contributed by atoms with Crippen LogP contribution in [-0.4, -0.2) is 59.6 Å². The number of nitrogens with zero attached hydrogens (tertiary/aromatic N) is 2. The fourth-order valence-electron chi connectivity index (χ4n) is 4.09. The summed E-state index contributed by atoms with van der Waals surface area (Å²) in [6, 6.07) is 0.793. The molecule has 4 nitrogen and oxygen atoms in total. The van der Waals surface area contributed by atoms with Gasteiger partial charge in [0.1, 0.15) is 0 Å². The average molecular weight is 280 g/mol. The average Bonchev–Trinajstić information content (AvgIpc) is 3.19. The van der Waals surface area contributed by atoms with Crippen molar-refractivity contribution in [1.29, 1.82) is 0 Å². The second-order valence-electron chi connectivity index (χ2n) is 7.17. The summed E-state index contributed by atoms with van der Waals surface area (Å²) < 4.78 is 0. The first-order valence-electron chi connectivity index (χ1n) is 8.35. The van der Waals surface area contributed by atoms with E-state index in [0.29, 0.717) is 6.42 Å². The molecule has 0 radical (unpaired) electrons. The number of aliphatic carboxylic acids is 1. The molecule has 0 unspecified atom stereocenters. The van der Waals surface area contributed by atoms with Crippen molar-refractivity contribution in [3.63, 3.8) is 0 Å². The zero-order valence-corrected chi connectivity index (χ0v) is 12.5. The van der Waals surface area contributed by atoms with Crippen LogP contribution in [0.15, 0.2) is 0 Å². The molecule has 0 aromatic heterocycles. The Kier molecular flexibility index (Phi) is 4.32. The van der Waals surface area contributed by atoms with E-state index in [9.17, 15) is 4.79 Å². The van der Waals surface area contributed by atoms with Crippen LogP contribution in [0.25, 0.3) is 0 Å². The molecular formula is C16H28N2O2. The van der Waals surface area contributed by atoms with Gasteiger partial charge in [0.15, 0.2) is 0 Å². The van der Waals surface area contributed by atoms with E-state index in [-0.39, 0.29) is 5.41 Å². The van der Waals surface area contributed by atoms with E-state index in [4.69, 9.17) is 5.11 Å². The number of carboxylic acids is 1. The van der Waals surface area contributed by atoms with Gasteiger partial charge in [-0.3, -0.25) is 4.79 Å². The van der Waals surface area contributed by atoms with Crippen molar-refractivity contribution >= 4 is 5.97 Å². The Morgan fingerprint density at radius 1 is 1.05 bits per heavy atom. The van der Waals surface area contributed by atoms with Gasteiger partial charge < -0.3 is 14.9 Å². The van der Waals surface area contributed by atoms with Gasteiger partial charge in [-0.2, -0.15) is 0 Å². The van der Waals surface area contributed by atoms with Gasteiger partial charge in [0.05, 0.1) is 6.42 Å². The number of hydrogen-bond donors (Lipinski definition) is 1. The Morgan fingerprint density at radius 3 is 2.25 bits per heavy atom. The summed E-state index contributed by atoms with van der Waals surface area (Å²) in [6.45, 7) is 5.96. The van der Waals surface area contributed by atoms with Gasteiger partial charge in [0, 0.05) is 12.6 Å². The van der Waals surface area contributed by atoms with Gasteiger partial charge in [-0.25, -0.2) is 0 Å². The molecule has 2 saturated heterocycles. The van der Waals surface area contributed by atoms with Crippen LogP contribution in [0, 0.1) is 5.41 Å². The molecule has 0 amide bonds. The third-order valence-electron chi connectivity index (χ3n) is 5.51. The molecule has 1 aliphatic carbocycles. The Balaban J connectivity index is 1.43. The van der Waals surface area contributed by atoms with Crippen LogP contribution in [0.4, 0.5) is 0 Å². The predicted molar refractivity (Wildman–Crippen MR) is 78.8 cm³/mol. The van der Waals surface area contributed by atoms with Gasteiger partial charge in [-0.15, -0.1) is 0 Å². The van der Waals surface area contributed by atoms with E-state index < -0.39 is 5.97 Å². The van der Waals surface area contributed by atoms with Crippen molar-refractivity contribution in [3.05, 3.63) is 0 Å². The third-order valence-corrected chi connectivity index (χ3v) is 5.51. The zero-order valence-electron chi connectivity index (χ0n) is 12.5. The second-order valence-corrected chi connectivity index (χ2v) is 7.17. The zero-order chi connectivity index (χ0) is 14.0. The molecule has 3 fully saturated rings. The highest BCUT2D eigenvalue weighted by Gasteiger charge is 2.45. The molecule has 1 saturated carbocycles. The summed E-state index contributed by atoms with van der Waals surface area (Å²) in [5.41, 5.74) is 0.129. The van der Waals surface area contributed by atoms with E-state index >= 15 is 0 Å². The van der Waals surface area contributed by atoms with E-state index in [2.05, 4.69) is 9.80 Å². The molecule has 1 N–H and O–H groups in total. The predicted octanol–water partition coefficient (Wildman–Crippen LogP) is 2.19. The minimum atomic E-state index is -0.620. The lowest BCUT2D eigenvalue weighted by Gasteiger charge is -2.41. The van der Waals surface area contributed by atoms with Crippen LogP contribution < -0.4 is 0 Å². The van der Waals surface area contributed by atoms with Crippen LogP contribution in [0.5, 0.6) is 0 Å². The first-order chi connectivity index (χ1) is 9.67. The van der Waals surface area contributed by atoms with Crippen LogP contribution >= 0.6 is 0 Å². The van der Waals surface area contributed by atoms with Gasteiger partial charge >= 0.3 is 5.97 Å². The monoisotopic (exact) mass is 280 g/mol. The van der Waals surface area contributed by atoms with Gasteiger partial charge in [-0.05, 0) is 70.1 Å². The standard InChI is InChI=1S/C16H28N2O2/c19-15(20)12-16(6-7-16)13-17-10-4-14(5-11-17)18-8-2-1-3-9-18/h14H,1-13H2,(H,19,20). The van der Waals surface area contributed by atoms with E-state index in [0.717, 1.165) is 25.4 Å². The SMILES string of the molecule is O=C(O)CC1(CN2CCC(N3CCCCC3)CC2)CC1. The van der Waals surface area contributed by atoms with E-state index in [1.807, 2.05) is 0 Å². The molecule has 4 heteroatoms. The number of rotatable bonds is 5. The summed E-state index contributed by atoms with van der Waals surface area (Å²) in [7, 11) is 0. The topological polar surface area (TPSA) is 43.8 Å². The van der Waals surface area contributed by atoms with Crippen molar-refractivity contribution < 1.29 is 9.90 Å². The molecule has 0 atom stereocenters. The fourth-order valence-corrected chi connectivity index (χ4v) is 4.09. The lowest BCUT2D eigenvalue weighted by atomic mass is 9.97. The summed E-state index contributed by atoms with van der Waals surface area (Å²) in [4.78, 5) is 16.2. The summed E-state index contributed by atoms with van der Waals surface area (Å²) in [5.74, 6) is -0.620. The molecule has 114 valence electrons. The smallest absolute Gasteiger partial charge is 0.303 e. The molecule has 20 heavy (non-hydrogen) atoms. The number of likely N-dealkylation sites (tertiary alicyclic amines) is 2. The molecule has 2 heterocycles. The first kappa shape index (κ1) is 14.3. The maximum atomic E-state index is 10.9. The third kappa shape index (κ3) is 3.53. The summed E-state index contributed by atoms with van der Waals surface area (Å²) >= 11 is 0. The van der Waals surface area contributed by atoms with E-state index in [1.165, 1.54) is 58.3 Å². The Bertz CT molecular complexity index is 340. The quantitative estimate of drug-likeness (QED) is 0.838. The van der Waals surface area contributed by atoms with Gasteiger partial charge in [0.25, 0.3) is 0 Å². The van der Waals surface area contributed by atoms with Crippen molar-refractivity contribution in [2.45, 2.75) is 57.4 Å². The summed E-state index contributed by atoms with van der Waals surface area (Å²) in [6.07, 6.45) is 9.33. The molecular weight excluding hydrogens is 252 g/mol. The number of piperidine rings is 2.